The predicted octanol–water partition coefficient (Wildman–Crippen LogP) is -5.14. The number of aliphatic hydroxyl groups is 8. The summed E-state index contributed by atoms with van der Waals surface area (Å²) < 4.78 is 4.93. The Morgan fingerprint density at radius 2 is 1.55 bits per heavy atom. The molecular formula is C12H22O10. The van der Waals surface area contributed by atoms with Gasteiger partial charge in [0, 0.05) is 0 Å². The van der Waals surface area contributed by atoms with Crippen LogP contribution in [0.25, 0.3) is 0 Å². The average molecular weight is 326 g/mol. The van der Waals surface area contributed by atoms with Gasteiger partial charge in [-0.15, -0.1) is 0 Å². The minimum Gasteiger partial charge on any atom is -0.394 e. The molecule has 0 saturated carbocycles. The molecule has 0 bridgehead atoms. The number of aliphatic hydroxyl groups excluding tert-OH is 8. The zero-order valence-electron chi connectivity index (χ0n) is 11.8. The highest BCUT2D eigenvalue weighted by atomic mass is 16.5. The van der Waals surface area contributed by atoms with E-state index in [2.05, 4.69) is 0 Å². The third-order valence-corrected chi connectivity index (χ3v) is 3.63. The summed E-state index contributed by atoms with van der Waals surface area (Å²) >= 11 is 0. The molecule has 0 aromatic rings. The van der Waals surface area contributed by atoms with Gasteiger partial charge in [0.15, 0.2) is 5.78 Å². The van der Waals surface area contributed by atoms with Gasteiger partial charge in [0.1, 0.15) is 48.8 Å². The second-order valence-electron chi connectivity index (χ2n) is 5.32. The van der Waals surface area contributed by atoms with Crippen molar-refractivity contribution in [3.8, 4) is 0 Å². The lowest BCUT2D eigenvalue weighted by Crippen LogP contribution is -2.63. The maximum Gasteiger partial charge on any atom is 0.195 e. The third-order valence-electron chi connectivity index (χ3n) is 3.63. The lowest BCUT2D eigenvalue weighted by molar-refractivity contribution is -0.231. The number of carbonyl (C=O) groups is 1. The van der Waals surface area contributed by atoms with Crippen LogP contribution in [-0.4, -0.2) is 108 Å². The molecular weight excluding hydrogens is 304 g/mol. The van der Waals surface area contributed by atoms with Crippen LogP contribution in [0.5, 0.6) is 0 Å². The van der Waals surface area contributed by atoms with Gasteiger partial charge >= 0.3 is 0 Å². The van der Waals surface area contributed by atoms with Crippen LogP contribution in [0.1, 0.15) is 6.92 Å². The Labute approximate surface area is 125 Å². The lowest BCUT2D eigenvalue weighted by Gasteiger charge is -2.40. The Balaban J connectivity index is 2.86. The van der Waals surface area contributed by atoms with Crippen LogP contribution in [-0.2, 0) is 9.53 Å². The van der Waals surface area contributed by atoms with E-state index in [9.17, 15) is 35.4 Å². The highest BCUT2D eigenvalue weighted by Gasteiger charge is 2.49. The fourth-order valence-electron chi connectivity index (χ4n) is 2.15. The largest absolute Gasteiger partial charge is 0.394 e. The van der Waals surface area contributed by atoms with Crippen molar-refractivity contribution in [2.45, 2.75) is 61.9 Å². The SMILES string of the molecule is C[C@@H](O)[C@@H](O)[C@H](O)[C@@H](O)C(=O)C1O[C@H](CO)[C@@H](O)[C@H](O)[C@H]1O. The molecule has 1 heterocycles. The quantitative estimate of drug-likeness (QED) is 0.234. The van der Waals surface area contributed by atoms with Crippen molar-refractivity contribution in [2.24, 2.45) is 0 Å². The summed E-state index contributed by atoms with van der Waals surface area (Å²) in [5.41, 5.74) is 0. The molecule has 0 radical (unpaired) electrons. The summed E-state index contributed by atoms with van der Waals surface area (Å²) in [6.07, 6.45) is -16.1. The molecule has 0 spiro atoms. The van der Waals surface area contributed by atoms with Gasteiger partial charge in [0.2, 0.25) is 0 Å². The molecule has 0 aromatic heterocycles. The Morgan fingerprint density at radius 3 is 2.00 bits per heavy atom. The van der Waals surface area contributed by atoms with E-state index in [0.717, 1.165) is 6.92 Å². The van der Waals surface area contributed by atoms with E-state index in [-0.39, 0.29) is 0 Å². The molecule has 1 fully saturated rings. The number of carbonyl (C=O) groups excluding carboxylic acids is 1. The van der Waals surface area contributed by atoms with E-state index in [1.54, 1.807) is 0 Å². The van der Waals surface area contributed by atoms with E-state index >= 15 is 0 Å². The number of rotatable bonds is 6. The standard InChI is InChI=1S/C12H22O10/c1-3(14)5(15)7(17)9(19)11(21)12-10(20)8(18)6(16)4(2-13)22-12/h3-10,12-20H,2H2,1H3/t3-,4-,5-,6-,7+,8+,9-,10-,12?/m1/s1. The first kappa shape index (κ1) is 19.4. The summed E-state index contributed by atoms with van der Waals surface area (Å²) in [6, 6.07) is 0. The van der Waals surface area contributed by atoms with Gasteiger partial charge in [-0.25, -0.2) is 0 Å². The predicted molar refractivity (Wildman–Crippen MR) is 68.5 cm³/mol. The zero-order valence-corrected chi connectivity index (χ0v) is 11.8. The van der Waals surface area contributed by atoms with Crippen LogP contribution in [0.4, 0.5) is 0 Å². The molecule has 9 atom stereocenters. The fourth-order valence-corrected chi connectivity index (χ4v) is 2.15. The molecule has 10 heteroatoms. The topological polar surface area (TPSA) is 188 Å². The first-order valence-electron chi connectivity index (χ1n) is 6.70. The van der Waals surface area contributed by atoms with Gasteiger partial charge < -0.3 is 45.6 Å². The molecule has 22 heavy (non-hydrogen) atoms. The Hall–Kier alpha value is -0.690. The third kappa shape index (κ3) is 3.79. The van der Waals surface area contributed by atoms with Crippen molar-refractivity contribution in [1.82, 2.24) is 0 Å². The molecule has 10 nitrogen and oxygen atoms in total. The second-order valence-corrected chi connectivity index (χ2v) is 5.32. The molecule has 1 saturated heterocycles. The van der Waals surface area contributed by atoms with Gasteiger partial charge in [-0.1, -0.05) is 0 Å². The fraction of sp³-hybridized carbons (Fsp3) is 0.917. The van der Waals surface area contributed by atoms with Gasteiger partial charge in [-0.2, -0.15) is 0 Å². The van der Waals surface area contributed by atoms with E-state index in [1.807, 2.05) is 0 Å². The van der Waals surface area contributed by atoms with Crippen LogP contribution in [0.2, 0.25) is 0 Å². The summed E-state index contributed by atoms with van der Waals surface area (Å²) in [4.78, 5) is 12.0. The average Bonchev–Trinajstić information content (AvgIpc) is 2.50. The molecule has 1 rings (SSSR count). The lowest BCUT2D eigenvalue weighted by atomic mass is 9.89. The Morgan fingerprint density at radius 1 is 1.00 bits per heavy atom. The first-order valence-corrected chi connectivity index (χ1v) is 6.70. The smallest absolute Gasteiger partial charge is 0.195 e. The monoisotopic (exact) mass is 326 g/mol. The van der Waals surface area contributed by atoms with Crippen LogP contribution in [0, 0.1) is 0 Å². The highest BCUT2D eigenvalue weighted by Crippen LogP contribution is 2.23. The Kier molecular flexibility index (Phi) is 6.80. The number of Topliss-reactive ketones (excluding diaryl/α,β-unsaturated/α-hetero) is 1. The molecule has 1 aliphatic rings. The molecule has 130 valence electrons. The summed E-state index contributed by atoms with van der Waals surface area (Å²) in [5.74, 6) is -1.27. The maximum absolute atomic E-state index is 12.0. The van der Waals surface area contributed by atoms with Crippen molar-refractivity contribution in [1.29, 1.82) is 0 Å². The Bertz CT molecular complexity index is 373. The minimum absolute atomic E-state index is 0.760. The van der Waals surface area contributed by atoms with Gasteiger partial charge in [-0.3, -0.25) is 4.79 Å². The van der Waals surface area contributed by atoms with Crippen LogP contribution in [0.15, 0.2) is 0 Å². The van der Waals surface area contributed by atoms with Crippen LogP contribution in [0.3, 0.4) is 0 Å². The molecule has 0 amide bonds. The van der Waals surface area contributed by atoms with Gasteiger partial charge in [0.05, 0.1) is 12.7 Å². The van der Waals surface area contributed by atoms with Crippen LogP contribution < -0.4 is 0 Å². The van der Waals surface area contributed by atoms with E-state index in [4.69, 9.17) is 14.9 Å². The molecule has 0 aromatic carbocycles. The van der Waals surface area contributed by atoms with Crippen molar-refractivity contribution in [3.05, 3.63) is 0 Å². The molecule has 1 aliphatic heterocycles. The summed E-state index contributed by atoms with van der Waals surface area (Å²) in [6.45, 7) is 0.364. The van der Waals surface area contributed by atoms with Gasteiger partial charge in [-0.05, 0) is 6.92 Å². The van der Waals surface area contributed by atoms with E-state index in [1.165, 1.54) is 0 Å². The number of hydrogen-bond acceptors (Lipinski definition) is 10. The van der Waals surface area contributed by atoms with Crippen LogP contribution >= 0.6 is 0 Å². The number of hydrogen-bond donors (Lipinski definition) is 8. The zero-order chi connectivity index (χ0) is 17.2. The highest BCUT2D eigenvalue weighted by molar-refractivity contribution is 5.88. The molecule has 8 N–H and O–H groups in total. The van der Waals surface area contributed by atoms with Crippen molar-refractivity contribution in [2.75, 3.05) is 6.61 Å². The van der Waals surface area contributed by atoms with Crippen molar-refractivity contribution < 1.29 is 50.4 Å². The summed E-state index contributed by atoms with van der Waals surface area (Å²) in [7, 11) is 0. The minimum atomic E-state index is -2.22. The second kappa shape index (κ2) is 7.73. The number of ether oxygens (including phenoxy) is 1. The van der Waals surface area contributed by atoms with Gasteiger partial charge in [0.25, 0.3) is 0 Å². The van der Waals surface area contributed by atoms with Crippen molar-refractivity contribution >= 4 is 5.78 Å². The number of ketones is 1. The summed E-state index contributed by atoms with van der Waals surface area (Å²) in [5, 5.41) is 75.7. The molecule has 1 unspecified atom stereocenters. The first-order chi connectivity index (χ1) is 10.1. The molecule has 0 aliphatic carbocycles. The van der Waals surface area contributed by atoms with Crippen molar-refractivity contribution in [3.63, 3.8) is 0 Å². The maximum atomic E-state index is 12.0. The van der Waals surface area contributed by atoms with E-state index < -0.39 is 67.3 Å². The normalized spacial score (nSPS) is 38.1. The van der Waals surface area contributed by atoms with E-state index in [0.29, 0.717) is 0 Å².